The van der Waals surface area contributed by atoms with Gasteiger partial charge in [-0.3, -0.25) is 14.3 Å². The lowest BCUT2D eigenvalue weighted by Crippen LogP contribution is -2.29. The van der Waals surface area contributed by atoms with E-state index in [4.69, 9.17) is 16.3 Å². The highest BCUT2D eigenvalue weighted by Gasteiger charge is 2.17. The van der Waals surface area contributed by atoms with E-state index in [2.05, 4.69) is 4.98 Å². The van der Waals surface area contributed by atoms with Gasteiger partial charge in [0.05, 0.1) is 11.5 Å². The van der Waals surface area contributed by atoms with E-state index in [0.29, 0.717) is 11.4 Å². The number of nitrogens with one attached hydrogen (secondary N) is 1. The Kier molecular flexibility index (Phi) is 7.19. The van der Waals surface area contributed by atoms with E-state index in [0.717, 1.165) is 5.56 Å². The summed E-state index contributed by atoms with van der Waals surface area (Å²) in [6.45, 7) is 1.99. The lowest BCUT2D eigenvalue weighted by atomic mass is 10.0. The topological polar surface area (TPSA) is 98.2 Å². The minimum Gasteiger partial charge on any atom is -0.361 e. The van der Waals surface area contributed by atoms with Crippen LogP contribution in [0.1, 0.15) is 24.8 Å². The second-order valence-electron chi connectivity index (χ2n) is 6.04. The molecule has 2 aromatic rings. The third kappa shape index (κ3) is 6.44. The van der Waals surface area contributed by atoms with Gasteiger partial charge in [0.15, 0.2) is 9.84 Å². The molecule has 1 aromatic carbocycles. The highest BCUT2D eigenvalue weighted by molar-refractivity contribution is 7.91. The zero-order valence-corrected chi connectivity index (χ0v) is 15.9. The van der Waals surface area contributed by atoms with Gasteiger partial charge in [0.2, 0.25) is 0 Å². The van der Waals surface area contributed by atoms with E-state index in [-0.39, 0.29) is 30.8 Å². The molecule has 0 fully saturated rings. The molecule has 0 saturated heterocycles. The molecule has 0 aliphatic carbocycles. The number of rotatable bonds is 9. The third-order valence-electron chi connectivity index (χ3n) is 3.79. The van der Waals surface area contributed by atoms with E-state index < -0.39 is 21.1 Å². The Labute approximate surface area is 156 Å². The standard InChI is InChI=1S/C17H21ClN2O5S/c1-13(14-4-2-5-15(18)10-14)11-26(23,24)9-3-8-25-12-20-7-6-16(21)19-17(20)22/h2,4-7,10,13H,3,8-9,11-12H2,1H3,(H,19,21,22)/t13-/m0/s1. The van der Waals surface area contributed by atoms with E-state index in [1.54, 1.807) is 18.2 Å². The molecule has 0 amide bonds. The molecule has 0 aliphatic heterocycles. The van der Waals surface area contributed by atoms with Gasteiger partial charge >= 0.3 is 5.69 Å². The molecule has 0 spiro atoms. The maximum atomic E-state index is 12.2. The average molecular weight is 401 g/mol. The number of hydrogen-bond donors (Lipinski definition) is 1. The number of halogens is 1. The molecule has 2 rings (SSSR count). The highest BCUT2D eigenvalue weighted by Crippen LogP contribution is 2.21. The van der Waals surface area contributed by atoms with Crippen molar-refractivity contribution in [1.29, 1.82) is 0 Å². The molecule has 26 heavy (non-hydrogen) atoms. The molecule has 142 valence electrons. The second kappa shape index (κ2) is 9.16. The summed E-state index contributed by atoms with van der Waals surface area (Å²) < 4.78 is 31.0. The van der Waals surface area contributed by atoms with Crippen molar-refractivity contribution in [3.8, 4) is 0 Å². The fourth-order valence-corrected chi connectivity index (χ4v) is 4.34. The first-order valence-corrected chi connectivity index (χ1v) is 10.3. The van der Waals surface area contributed by atoms with Crippen molar-refractivity contribution in [3.63, 3.8) is 0 Å². The molecule has 7 nitrogen and oxygen atoms in total. The van der Waals surface area contributed by atoms with Crippen LogP contribution >= 0.6 is 11.6 Å². The van der Waals surface area contributed by atoms with Gasteiger partial charge in [0.25, 0.3) is 5.56 Å². The van der Waals surface area contributed by atoms with Crippen molar-refractivity contribution >= 4 is 21.4 Å². The van der Waals surface area contributed by atoms with Crippen LogP contribution < -0.4 is 11.2 Å². The minimum absolute atomic E-state index is 0.00156. The normalized spacial score (nSPS) is 12.8. The molecule has 1 heterocycles. The summed E-state index contributed by atoms with van der Waals surface area (Å²) >= 11 is 5.94. The molecule has 1 atom stereocenters. The SMILES string of the molecule is C[C@@H](CS(=O)(=O)CCCOCn1ccc(=O)[nH]c1=O)c1cccc(Cl)c1. The molecular weight excluding hydrogens is 380 g/mol. The number of benzene rings is 1. The van der Waals surface area contributed by atoms with Crippen LogP contribution in [0.2, 0.25) is 5.02 Å². The van der Waals surface area contributed by atoms with Crippen LogP contribution in [-0.4, -0.2) is 36.1 Å². The van der Waals surface area contributed by atoms with Crippen LogP contribution in [0, 0.1) is 0 Å². The summed E-state index contributed by atoms with van der Waals surface area (Å²) in [6.07, 6.45) is 1.65. The molecule has 0 saturated carbocycles. The molecule has 1 N–H and O–H groups in total. The zero-order valence-electron chi connectivity index (χ0n) is 14.4. The monoisotopic (exact) mass is 400 g/mol. The van der Waals surface area contributed by atoms with E-state index in [1.807, 2.05) is 13.0 Å². The summed E-state index contributed by atoms with van der Waals surface area (Å²) in [5.74, 6) is -0.121. The summed E-state index contributed by atoms with van der Waals surface area (Å²) in [4.78, 5) is 24.5. The Hall–Kier alpha value is -1.90. The average Bonchev–Trinajstić information content (AvgIpc) is 2.56. The summed E-state index contributed by atoms with van der Waals surface area (Å²) in [5.41, 5.74) is -0.165. The molecule has 0 aliphatic rings. The predicted molar refractivity (Wildman–Crippen MR) is 100 cm³/mol. The number of ether oxygens (including phenoxy) is 1. The van der Waals surface area contributed by atoms with Gasteiger partial charge in [-0.05, 0) is 30.0 Å². The predicted octanol–water partition coefficient (Wildman–Crippen LogP) is 1.77. The summed E-state index contributed by atoms with van der Waals surface area (Å²) in [6, 6.07) is 8.39. The Morgan fingerprint density at radius 1 is 1.27 bits per heavy atom. The van der Waals surface area contributed by atoms with E-state index >= 15 is 0 Å². The van der Waals surface area contributed by atoms with Gasteiger partial charge in [-0.1, -0.05) is 30.7 Å². The second-order valence-corrected chi connectivity index (χ2v) is 8.71. The number of sulfone groups is 1. The summed E-state index contributed by atoms with van der Waals surface area (Å²) in [5, 5.41) is 0.581. The highest BCUT2D eigenvalue weighted by atomic mass is 35.5. The van der Waals surface area contributed by atoms with Crippen LogP contribution in [0.25, 0.3) is 0 Å². The van der Waals surface area contributed by atoms with Crippen molar-refractivity contribution in [2.24, 2.45) is 0 Å². The van der Waals surface area contributed by atoms with Crippen molar-refractivity contribution < 1.29 is 13.2 Å². The van der Waals surface area contributed by atoms with Crippen LogP contribution in [0.5, 0.6) is 0 Å². The van der Waals surface area contributed by atoms with Crippen LogP contribution in [0.4, 0.5) is 0 Å². The quantitative estimate of drug-likeness (QED) is 0.647. The smallest absolute Gasteiger partial charge is 0.330 e. The van der Waals surface area contributed by atoms with Gasteiger partial charge < -0.3 is 4.74 Å². The number of hydrogen-bond acceptors (Lipinski definition) is 5. The molecule has 0 unspecified atom stereocenters. The van der Waals surface area contributed by atoms with Crippen LogP contribution in [0.15, 0.2) is 46.1 Å². The van der Waals surface area contributed by atoms with Gasteiger partial charge in [0, 0.05) is 23.9 Å². The molecule has 1 aromatic heterocycles. The fraction of sp³-hybridized carbons (Fsp3) is 0.412. The number of aromatic amines is 1. The maximum absolute atomic E-state index is 12.2. The minimum atomic E-state index is -3.24. The molecule has 0 radical (unpaired) electrons. The number of aromatic nitrogens is 2. The Bertz CT molecular complexity index is 952. The van der Waals surface area contributed by atoms with Gasteiger partial charge in [-0.15, -0.1) is 0 Å². The first kappa shape index (κ1) is 20.4. The number of H-pyrrole nitrogens is 1. The molecule has 9 heteroatoms. The third-order valence-corrected chi connectivity index (χ3v) is 5.95. The number of nitrogens with zero attached hydrogens (tertiary/aromatic N) is 1. The lowest BCUT2D eigenvalue weighted by Gasteiger charge is -2.13. The Balaban J connectivity index is 1.77. The molecular formula is C17H21ClN2O5S. The molecule has 0 bridgehead atoms. The maximum Gasteiger partial charge on any atom is 0.330 e. The first-order chi connectivity index (χ1) is 12.3. The van der Waals surface area contributed by atoms with Crippen molar-refractivity contribution in [2.75, 3.05) is 18.1 Å². The lowest BCUT2D eigenvalue weighted by molar-refractivity contribution is 0.0745. The van der Waals surface area contributed by atoms with E-state index in [9.17, 15) is 18.0 Å². The van der Waals surface area contributed by atoms with E-state index in [1.165, 1.54) is 16.8 Å². The van der Waals surface area contributed by atoms with Crippen molar-refractivity contribution in [2.45, 2.75) is 26.0 Å². The largest absolute Gasteiger partial charge is 0.361 e. The Morgan fingerprint density at radius 2 is 2.04 bits per heavy atom. The van der Waals surface area contributed by atoms with Crippen LogP contribution in [0.3, 0.4) is 0 Å². The Morgan fingerprint density at radius 3 is 2.73 bits per heavy atom. The van der Waals surface area contributed by atoms with Gasteiger partial charge in [0.1, 0.15) is 6.73 Å². The van der Waals surface area contributed by atoms with Gasteiger partial charge in [-0.25, -0.2) is 13.2 Å². The van der Waals surface area contributed by atoms with Gasteiger partial charge in [-0.2, -0.15) is 0 Å². The van der Waals surface area contributed by atoms with Crippen molar-refractivity contribution in [1.82, 2.24) is 9.55 Å². The fourth-order valence-electron chi connectivity index (χ4n) is 2.46. The van der Waals surface area contributed by atoms with Crippen LogP contribution in [-0.2, 0) is 21.3 Å². The summed E-state index contributed by atoms with van der Waals surface area (Å²) in [7, 11) is -3.24. The van der Waals surface area contributed by atoms with Crippen molar-refractivity contribution in [3.05, 3.63) is 68.0 Å². The zero-order chi connectivity index (χ0) is 19.2. The first-order valence-electron chi connectivity index (χ1n) is 8.10.